The average Bonchev–Trinajstić information content (AvgIpc) is 2.81. The fourth-order valence-corrected chi connectivity index (χ4v) is 3.12. The van der Waals surface area contributed by atoms with Crippen molar-refractivity contribution in [3.8, 4) is 0 Å². The molecule has 2 aromatic carbocycles. The lowest BCUT2D eigenvalue weighted by atomic mass is 9.98. The van der Waals surface area contributed by atoms with Crippen LogP contribution < -0.4 is 4.90 Å². The molecule has 2 unspecified atom stereocenters. The first-order valence-electron chi connectivity index (χ1n) is 7.29. The lowest BCUT2D eigenvalue weighted by Crippen LogP contribution is -2.35. The lowest BCUT2D eigenvalue weighted by molar-refractivity contribution is -0.138. The molecule has 1 aliphatic rings. The van der Waals surface area contributed by atoms with Crippen LogP contribution in [-0.2, 0) is 11.2 Å². The number of carbonyl (C=O) groups is 1. The first-order valence-corrected chi connectivity index (χ1v) is 7.29. The maximum atomic E-state index is 11.7. The highest BCUT2D eigenvalue weighted by Crippen LogP contribution is 2.33. The molecule has 0 spiro atoms. The third kappa shape index (κ3) is 2.64. The van der Waals surface area contributed by atoms with Crippen LogP contribution in [0.4, 0.5) is 5.69 Å². The highest BCUT2D eigenvalue weighted by Gasteiger charge is 2.30. The number of carboxylic acids is 1. The highest BCUT2D eigenvalue weighted by molar-refractivity contribution is 5.77. The lowest BCUT2D eigenvalue weighted by Gasteiger charge is -2.28. The largest absolute Gasteiger partial charge is 0.481 e. The van der Waals surface area contributed by atoms with Gasteiger partial charge >= 0.3 is 5.97 Å². The van der Waals surface area contributed by atoms with E-state index in [4.69, 9.17) is 0 Å². The Bertz CT molecular complexity index is 639. The number of fused-ring (bicyclic) bond motifs is 1. The monoisotopic (exact) mass is 281 g/mol. The van der Waals surface area contributed by atoms with Crippen molar-refractivity contribution in [3.63, 3.8) is 0 Å². The summed E-state index contributed by atoms with van der Waals surface area (Å²) in [6, 6.07) is 18.1. The van der Waals surface area contributed by atoms with Crippen molar-refractivity contribution < 1.29 is 9.90 Å². The van der Waals surface area contributed by atoms with Crippen LogP contribution in [0.15, 0.2) is 54.6 Å². The summed E-state index contributed by atoms with van der Waals surface area (Å²) in [6.07, 6.45) is 0.983. The molecule has 108 valence electrons. The van der Waals surface area contributed by atoms with Gasteiger partial charge in [-0.15, -0.1) is 0 Å². The quantitative estimate of drug-likeness (QED) is 0.934. The van der Waals surface area contributed by atoms with Crippen molar-refractivity contribution >= 4 is 11.7 Å². The topological polar surface area (TPSA) is 40.5 Å². The van der Waals surface area contributed by atoms with E-state index in [1.807, 2.05) is 42.5 Å². The van der Waals surface area contributed by atoms with Gasteiger partial charge in [0, 0.05) is 18.3 Å². The first-order chi connectivity index (χ1) is 10.2. The summed E-state index contributed by atoms with van der Waals surface area (Å²) in [7, 11) is 0. The van der Waals surface area contributed by atoms with Crippen molar-refractivity contribution in [3.05, 3.63) is 65.7 Å². The number of rotatable bonds is 4. The summed E-state index contributed by atoms with van der Waals surface area (Å²) in [5.41, 5.74) is 3.34. The highest BCUT2D eigenvalue weighted by atomic mass is 16.4. The molecule has 0 saturated heterocycles. The summed E-state index contributed by atoms with van der Waals surface area (Å²) < 4.78 is 0. The van der Waals surface area contributed by atoms with Gasteiger partial charge in [0.15, 0.2) is 0 Å². The van der Waals surface area contributed by atoms with E-state index >= 15 is 0 Å². The minimum Gasteiger partial charge on any atom is -0.481 e. The van der Waals surface area contributed by atoms with Crippen LogP contribution >= 0.6 is 0 Å². The Morgan fingerprint density at radius 3 is 2.57 bits per heavy atom. The molecular weight excluding hydrogens is 262 g/mol. The number of anilines is 1. The van der Waals surface area contributed by atoms with Crippen LogP contribution in [-0.4, -0.2) is 23.7 Å². The van der Waals surface area contributed by atoms with E-state index in [1.54, 1.807) is 0 Å². The molecule has 0 fully saturated rings. The van der Waals surface area contributed by atoms with Gasteiger partial charge in [-0.1, -0.05) is 48.5 Å². The molecule has 2 atom stereocenters. The minimum absolute atomic E-state index is 0.341. The second kappa shape index (κ2) is 5.60. The second-order valence-electron chi connectivity index (χ2n) is 5.64. The number of hydrogen-bond acceptors (Lipinski definition) is 2. The molecule has 1 aliphatic heterocycles. The molecule has 0 amide bonds. The Labute approximate surface area is 124 Å². The van der Waals surface area contributed by atoms with Crippen molar-refractivity contribution in [2.75, 3.05) is 11.4 Å². The second-order valence-corrected chi connectivity index (χ2v) is 5.64. The van der Waals surface area contributed by atoms with Crippen LogP contribution in [0.5, 0.6) is 0 Å². The number of hydrogen-bond donors (Lipinski definition) is 1. The van der Waals surface area contributed by atoms with Crippen molar-refractivity contribution in [2.24, 2.45) is 0 Å². The third-order valence-corrected chi connectivity index (χ3v) is 4.23. The van der Waals surface area contributed by atoms with Gasteiger partial charge in [-0.25, -0.2) is 0 Å². The van der Waals surface area contributed by atoms with Gasteiger partial charge in [0.25, 0.3) is 0 Å². The summed E-state index contributed by atoms with van der Waals surface area (Å²) >= 11 is 0. The fourth-order valence-electron chi connectivity index (χ4n) is 3.12. The zero-order valence-electron chi connectivity index (χ0n) is 12.1. The SMILES string of the molecule is CC1Cc2ccccc2N1CC(C(=O)O)c1ccccc1. The zero-order valence-corrected chi connectivity index (χ0v) is 12.1. The molecule has 3 nitrogen and oxygen atoms in total. The summed E-state index contributed by atoms with van der Waals surface area (Å²) in [6.45, 7) is 2.67. The van der Waals surface area contributed by atoms with Gasteiger partial charge in [-0.05, 0) is 30.5 Å². The van der Waals surface area contributed by atoms with Crippen molar-refractivity contribution in [2.45, 2.75) is 25.3 Å². The molecule has 1 heterocycles. The third-order valence-electron chi connectivity index (χ3n) is 4.23. The molecule has 0 bridgehead atoms. The van der Waals surface area contributed by atoms with Crippen LogP contribution in [0.3, 0.4) is 0 Å². The molecular formula is C18H19NO2. The molecule has 0 aliphatic carbocycles. The Kier molecular flexibility index (Phi) is 3.65. The van der Waals surface area contributed by atoms with Crippen LogP contribution in [0.1, 0.15) is 24.0 Å². The Hall–Kier alpha value is -2.29. The number of carboxylic acid groups (broad SMARTS) is 1. The van der Waals surface area contributed by atoms with E-state index in [0.29, 0.717) is 12.6 Å². The first kappa shape index (κ1) is 13.7. The van der Waals surface area contributed by atoms with Gasteiger partial charge in [0.05, 0.1) is 5.92 Å². The van der Waals surface area contributed by atoms with E-state index in [0.717, 1.165) is 12.0 Å². The van der Waals surface area contributed by atoms with E-state index in [9.17, 15) is 9.90 Å². The van der Waals surface area contributed by atoms with Gasteiger partial charge in [0.1, 0.15) is 0 Å². The summed E-state index contributed by atoms with van der Waals surface area (Å²) in [5.74, 6) is -1.27. The van der Waals surface area contributed by atoms with E-state index in [1.165, 1.54) is 11.3 Å². The molecule has 3 heteroatoms. The zero-order chi connectivity index (χ0) is 14.8. The molecule has 0 aromatic heterocycles. The molecule has 0 radical (unpaired) electrons. The predicted octanol–water partition coefficient (Wildman–Crippen LogP) is 3.31. The smallest absolute Gasteiger partial charge is 0.312 e. The number of nitrogens with zero attached hydrogens (tertiary/aromatic N) is 1. The standard InChI is InChI=1S/C18H19NO2/c1-13-11-15-9-5-6-10-17(15)19(13)12-16(18(20)21)14-7-3-2-4-8-14/h2-10,13,16H,11-12H2,1H3,(H,20,21). The molecule has 0 saturated carbocycles. The van der Waals surface area contributed by atoms with Crippen LogP contribution in [0, 0.1) is 0 Å². The number of para-hydroxylation sites is 1. The molecule has 3 rings (SSSR count). The fraction of sp³-hybridized carbons (Fsp3) is 0.278. The minimum atomic E-state index is -0.766. The maximum Gasteiger partial charge on any atom is 0.312 e. The number of aliphatic carboxylic acids is 1. The Morgan fingerprint density at radius 1 is 1.19 bits per heavy atom. The van der Waals surface area contributed by atoms with Gasteiger partial charge in [0.2, 0.25) is 0 Å². The average molecular weight is 281 g/mol. The molecule has 21 heavy (non-hydrogen) atoms. The van der Waals surface area contributed by atoms with Crippen LogP contribution in [0.25, 0.3) is 0 Å². The van der Waals surface area contributed by atoms with Gasteiger partial charge in [-0.2, -0.15) is 0 Å². The van der Waals surface area contributed by atoms with Crippen LogP contribution in [0.2, 0.25) is 0 Å². The Balaban J connectivity index is 1.89. The number of benzene rings is 2. The normalized spacial score (nSPS) is 18.3. The van der Waals surface area contributed by atoms with E-state index in [-0.39, 0.29) is 0 Å². The predicted molar refractivity (Wildman–Crippen MR) is 83.8 cm³/mol. The van der Waals surface area contributed by atoms with Gasteiger partial charge < -0.3 is 10.0 Å². The molecule has 2 aromatic rings. The summed E-state index contributed by atoms with van der Waals surface area (Å²) in [5, 5.41) is 9.59. The van der Waals surface area contributed by atoms with E-state index < -0.39 is 11.9 Å². The summed E-state index contributed by atoms with van der Waals surface area (Å²) in [4.78, 5) is 13.9. The Morgan fingerprint density at radius 2 is 1.86 bits per heavy atom. The van der Waals surface area contributed by atoms with Crippen molar-refractivity contribution in [1.29, 1.82) is 0 Å². The van der Waals surface area contributed by atoms with E-state index in [2.05, 4.69) is 24.0 Å². The van der Waals surface area contributed by atoms with Crippen molar-refractivity contribution in [1.82, 2.24) is 0 Å². The van der Waals surface area contributed by atoms with Gasteiger partial charge in [-0.3, -0.25) is 4.79 Å². The maximum absolute atomic E-state index is 11.7. The molecule has 1 N–H and O–H groups in total.